The van der Waals surface area contributed by atoms with E-state index in [1.807, 2.05) is 36.5 Å². The molecule has 0 atom stereocenters. The number of aliphatic hydroxyl groups is 1. The quantitative estimate of drug-likeness (QED) is 0.610. The van der Waals surface area contributed by atoms with Crippen molar-refractivity contribution in [2.45, 2.75) is 44.8 Å². The van der Waals surface area contributed by atoms with Crippen molar-refractivity contribution in [1.29, 1.82) is 0 Å². The van der Waals surface area contributed by atoms with Crippen molar-refractivity contribution in [2.24, 2.45) is 5.73 Å². The second-order valence-corrected chi connectivity index (χ2v) is 7.82. The molecule has 0 aliphatic heterocycles. The predicted octanol–water partition coefficient (Wildman–Crippen LogP) is 4.27. The van der Waals surface area contributed by atoms with Crippen LogP contribution in [0.4, 0.5) is 5.69 Å². The molecule has 0 spiro atoms. The third-order valence-corrected chi connectivity index (χ3v) is 5.77. The highest BCUT2D eigenvalue weighted by Crippen LogP contribution is 2.30. The zero-order valence-corrected chi connectivity index (χ0v) is 16.6. The van der Waals surface area contributed by atoms with Gasteiger partial charge in [0.05, 0.1) is 17.4 Å². The Labute approximate surface area is 171 Å². The molecule has 5 heteroatoms. The average molecular weight is 389 g/mol. The monoisotopic (exact) mass is 389 g/mol. The summed E-state index contributed by atoms with van der Waals surface area (Å²) in [6.45, 7) is 2.10. The number of rotatable bonds is 5. The van der Waals surface area contributed by atoms with Gasteiger partial charge in [0.25, 0.3) is 5.91 Å². The number of nitrogens with two attached hydrogens (primary N) is 1. The lowest BCUT2D eigenvalue weighted by molar-refractivity contribution is 0.100. The number of aryl methyl sites for hydroxylation is 1. The highest BCUT2D eigenvalue weighted by molar-refractivity contribution is 5.99. The summed E-state index contributed by atoms with van der Waals surface area (Å²) in [4.78, 5) is 12.0. The van der Waals surface area contributed by atoms with Gasteiger partial charge in [0, 0.05) is 29.2 Å². The Bertz CT molecular complexity index is 1020. The molecule has 4 rings (SSSR count). The molecule has 1 aromatic heterocycles. The van der Waals surface area contributed by atoms with Crippen LogP contribution in [0.3, 0.4) is 0 Å². The van der Waals surface area contributed by atoms with Crippen LogP contribution in [0, 0.1) is 6.92 Å². The molecule has 1 heterocycles. The van der Waals surface area contributed by atoms with Gasteiger partial charge >= 0.3 is 0 Å². The molecule has 1 saturated carbocycles. The van der Waals surface area contributed by atoms with E-state index in [1.54, 1.807) is 6.07 Å². The molecule has 150 valence electrons. The number of nitrogens with zero attached hydrogens (tertiary/aromatic N) is 1. The van der Waals surface area contributed by atoms with Gasteiger partial charge in [0.15, 0.2) is 0 Å². The molecule has 29 heavy (non-hydrogen) atoms. The summed E-state index contributed by atoms with van der Waals surface area (Å²) in [5.41, 5.74) is 11.3. The summed E-state index contributed by atoms with van der Waals surface area (Å²) < 4.78 is 2.13. The summed E-state index contributed by atoms with van der Waals surface area (Å²) in [6, 6.07) is 18.4. The first kappa shape index (κ1) is 19.3. The molecule has 5 nitrogen and oxygen atoms in total. The van der Waals surface area contributed by atoms with E-state index in [0.29, 0.717) is 5.56 Å². The Morgan fingerprint density at radius 3 is 2.55 bits per heavy atom. The van der Waals surface area contributed by atoms with Crippen molar-refractivity contribution < 1.29 is 9.90 Å². The van der Waals surface area contributed by atoms with Crippen LogP contribution in [0.5, 0.6) is 0 Å². The maximum atomic E-state index is 12.0. The highest BCUT2D eigenvalue weighted by atomic mass is 16.3. The van der Waals surface area contributed by atoms with E-state index >= 15 is 0 Å². The van der Waals surface area contributed by atoms with Crippen LogP contribution in [0.15, 0.2) is 60.8 Å². The normalized spacial score (nSPS) is 19.1. The number of aliphatic hydroxyl groups excluding tert-OH is 1. The highest BCUT2D eigenvalue weighted by Gasteiger charge is 2.21. The van der Waals surface area contributed by atoms with Gasteiger partial charge in [0.1, 0.15) is 0 Å². The predicted molar refractivity (Wildman–Crippen MR) is 116 cm³/mol. The second kappa shape index (κ2) is 8.13. The van der Waals surface area contributed by atoms with E-state index in [9.17, 15) is 9.90 Å². The van der Waals surface area contributed by atoms with Gasteiger partial charge in [-0.2, -0.15) is 0 Å². The van der Waals surface area contributed by atoms with Crippen molar-refractivity contribution >= 4 is 11.6 Å². The van der Waals surface area contributed by atoms with Crippen molar-refractivity contribution in [2.75, 3.05) is 5.32 Å². The first-order valence-electron chi connectivity index (χ1n) is 10.1. The standard InChI is InChI=1S/C24H27N3O2/c1-16-5-2-3-6-20(16)23-7-4-14-27(23)18-10-13-21(24(25)29)22(15-18)26-17-8-11-19(28)12-9-17/h2-7,10,13-15,17,19,26,28H,8-9,11-12H2,1H3,(H2,25,29)/t17-,19-. The van der Waals surface area contributed by atoms with E-state index in [0.717, 1.165) is 42.8 Å². The van der Waals surface area contributed by atoms with Crippen molar-refractivity contribution in [1.82, 2.24) is 4.57 Å². The molecule has 4 N–H and O–H groups in total. The topological polar surface area (TPSA) is 80.3 Å². The lowest BCUT2D eigenvalue weighted by Gasteiger charge is -2.28. The maximum absolute atomic E-state index is 12.0. The Morgan fingerprint density at radius 2 is 1.83 bits per heavy atom. The van der Waals surface area contributed by atoms with E-state index < -0.39 is 5.91 Å². The fraction of sp³-hybridized carbons (Fsp3) is 0.292. The van der Waals surface area contributed by atoms with Gasteiger partial charge in [0.2, 0.25) is 0 Å². The minimum Gasteiger partial charge on any atom is -0.393 e. The molecular formula is C24H27N3O2. The van der Waals surface area contributed by atoms with Gasteiger partial charge in [-0.15, -0.1) is 0 Å². The Hall–Kier alpha value is -3.05. The number of anilines is 1. The minimum absolute atomic E-state index is 0.216. The zero-order valence-electron chi connectivity index (χ0n) is 16.6. The van der Waals surface area contributed by atoms with E-state index in [-0.39, 0.29) is 12.1 Å². The molecule has 2 aromatic carbocycles. The average Bonchev–Trinajstić information content (AvgIpc) is 3.19. The third kappa shape index (κ3) is 4.05. The SMILES string of the molecule is Cc1ccccc1-c1cccn1-c1ccc(C(N)=O)c(N[C@H]2CC[C@H](O)CC2)c1. The fourth-order valence-corrected chi connectivity index (χ4v) is 4.14. The Morgan fingerprint density at radius 1 is 1.07 bits per heavy atom. The number of primary amides is 1. The molecule has 1 aliphatic carbocycles. The van der Waals surface area contributed by atoms with Gasteiger partial charge in [-0.05, 0) is 68.5 Å². The molecule has 0 saturated heterocycles. The number of nitrogens with one attached hydrogen (secondary N) is 1. The third-order valence-electron chi connectivity index (χ3n) is 5.77. The Kier molecular flexibility index (Phi) is 5.41. The van der Waals surface area contributed by atoms with Gasteiger partial charge < -0.3 is 20.7 Å². The van der Waals surface area contributed by atoms with Crippen LogP contribution < -0.4 is 11.1 Å². The smallest absolute Gasteiger partial charge is 0.250 e. The number of carbonyl (C=O) groups excluding carboxylic acids is 1. The van der Waals surface area contributed by atoms with Crippen LogP contribution in [0.2, 0.25) is 0 Å². The number of hydrogen-bond acceptors (Lipinski definition) is 3. The van der Waals surface area contributed by atoms with Crippen molar-refractivity contribution in [3.8, 4) is 16.9 Å². The lowest BCUT2D eigenvalue weighted by Crippen LogP contribution is -2.29. The molecular weight excluding hydrogens is 362 g/mol. The van der Waals surface area contributed by atoms with E-state index in [4.69, 9.17) is 5.73 Å². The van der Waals surface area contributed by atoms with Crippen LogP contribution in [0.25, 0.3) is 16.9 Å². The van der Waals surface area contributed by atoms with Gasteiger partial charge in [-0.3, -0.25) is 4.79 Å². The molecule has 0 radical (unpaired) electrons. The van der Waals surface area contributed by atoms with E-state index in [1.165, 1.54) is 11.1 Å². The molecule has 1 fully saturated rings. The van der Waals surface area contributed by atoms with Gasteiger partial charge in [-0.1, -0.05) is 24.3 Å². The van der Waals surface area contributed by atoms with E-state index in [2.05, 4.69) is 35.0 Å². The lowest BCUT2D eigenvalue weighted by atomic mass is 9.92. The first-order chi connectivity index (χ1) is 14.0. The summed E-state index contributed by atoms with van der Waals surface area (Å²) >= 11 is 0. The Balaban J connectivity index is 1.70. The number of amides is 1. The van der Waals surface area contributed by atoms with Crippen molar-refractivity contribution in [3.05, 3.63) is 71.9 Å². The summed E-state index contributed by atoms with van der Waals surface area (Å²) in [5.74, 6) is -0.443. The maximum Gasteiger partial charge on any atom is 0.250 e. The van der Waals surface area contributed by atoms with Crippen LogP contribution in [0.1, 0.15) is 41.6 Å². The molecule has 1 aliphatic rings. The number of hydrogen-bond donors (Lipinski definition) is 3. The summed E-state index contributed by atoms with van der Waals surface area (Å²) in [7, 11) is 0. The number of benzene rings is 2. The summed E-state index contributed by atoms with van der Waals surface area (Å²) in [6.07, 6.45) is 5.12. The van der Waals surface area contributed by atoms with Crippen LogP contribution >= 0.6 is 0 Å². The number of aromatic nitrogens is 1. The molecule has 0 bridgehead atoms. The van der Waals surface area contributed by atoms with Crippen LogP contribution in [-0.2, 0) is 0 Å². The van der Waals surface area contributed by atoms with Crippen molar-refractivity contribution in [3.63, 3.8) is 0 Å². The first-order valence-corrected chi connectivity index (χ1v) is 10.1. The summed E-state index contributed by atoms with van der Waals surface area (Å²) in [5, 5.41) is 13.3. The molecule has 0 unspecified atom stereocenters. The second-order valence-electron chi connectivity index (χ2n) is 7.82. The molecule has 3 aromatic rings. The van der Waals surface area contributed by atoms with Crippen LogP contribution in [-0.4, -0.2) is 27.7 Å². The zero-order chi connectivity index (χ0) is 20.4. The molecule has 1 amide bonds. The minimum atomic E-state index is -0.443. The fourth-order valence-electron chi connectivity index (χ4n) is 4.14. The largest absolute Gasteiger partial charge is 0.393 e. The van der Waals surface area contributed by atoms with Gasteiger partial charge in [-0.25, -0.2) is 0 Å². The number of carbonyl (C=O) groups is 1.